The van der Waals surface area contributed by atoms with E-state index >= 15 is 0 Å². The predicted octanol–water partition coefficient (Wildman–Crippen LogP) is 3.40. The number of fused-ring (bicyclic) bond motifs is 1. The number of carbonyl (C=O) groups excluding carboxylic acids is 1. The summed E-state index contributed by atoms with van der Waals surface area (Å²) in [5.74, 6) is 0.761. The van der Waals surface area contributed by atoms with Crippen LogP contribution in [0.3, 0.4) is 0 Å². The van der Waals surface area contributed by atoms with E-state index in [1.165, 1.54) is 29.7 Å². The second-order valence-corrected chi connectivity index (χ2v) is 6.34. The van der Waals surface area contributed by atoms with Crippen molar-refractivity contribution in [2.24, 2.45) is 5.92 Å². The van der Waals surface area contributed by atoms with Crippen LogP contribution in [0.2, 0.25) is 0 Å². The standard InChI is InChI=1S/C14H21NOS/c1-10(2)7-8-15-14(16)13-9-11-5-3-4-6-12(11)17-13/h9-10H,3-8H2,1-2H3,(H,15,16). The molecule has 0 spiro atoms. The number of aryl methyl sites for hydroxylation is 2. The Bertz CT molecular complexity index is 371. The minimum absolute atomic E-state index is 0.116. The van der Waals surface area contributed by atoms with Gasteiger partial charge in [-0.2, -0.15) is 0 Å². The van der Waals surface area contributed by atoms with E-state index in [0.717, 1.165) is 24.3 Å². The third-order valence-corrected chi connectivity index (χ3v) is 4.46. The van der Waals surface area contributed by atoms with E-state index in [4.69, 9.17) is 0 Å². The second kappa shape index (κ2) is 5.67. The van der Waals surface area contributed by atoms with Crippen LogP contribution in [0.25, 0.3) is 0 Å². The van der Waals surface area contributed by atoms with Crippen molar-refractivity contribution in [1.29, 1.82) is 0 Å². The number of nitrogens with one attached hydrogen (secondary N) is 1. The number of carbonyl (C=O) groups is 1. The number of thiophene rings is 1. The average molecular weight is 251 g/mol. The fraction of sp³-hybridized carbons (Fsp3) is 0.643. The molecule has 0 bridgehead atoms. The van der Waals surface area contributed by atoms with Gasteiger partial charge in [0.15, 0.2) is 0 Å². The number of amides is 1. The zero-order valence-electron chi connectivity index (χ0n) is 10.7. The molecule has 0 fully saturated rings. The maximum Gasteiger partial charge on any atom is 0.261 e. The van der Waals surface area contributed by atoms with Gasteiger partial charge in [0, 0.05) is 11.4 Å². The van der Waals surface area contributed by atoms with Gasteiger partial charge in [0.25, 0.3) is 5.91 Å². The molecule has 1 aliphatic rings. The molecule has 1 heterocycles. The molecule has 17 heavy (non-hydrogen) atoms. The Morgan fingerprint density at radius 3 is 2.88 bits per heavy atom. The molecule has 1 amide bonds. The molecule has 0 aliphatic heterocycles. The molecule has 0 saturated carbocycles. The van der Waals surface area contributed by atoms with Crippen LogP contribution in [0.15, 0.2) is 6.07 Å². The van der Waals surface area contributed by atoms with Crippen LogP contribution in [0.5, 0.6) is 0 Å². The molecular formula is C14H21NOS. The molecule has 0 aromatic carbocycles. The molecule has 1 N–H and O–H groups in total. The molecule has 3 heteroatoms. The van der Waals surface area contributed by atoms with Gasteiger partial charge in [-0.1, -0.05) is 13.8 Å². The van der Waals surface area contributed by atoms with Gasteiger partial charge < -0.3 is 5.32 Å². The number of hydrogen-bond donors (Lipinski definition) is 1. The molecule has 0 saturated heterocycles. The molecule has 2 nitrogen and oxygen atoms in total. The Morgan fingerprint density at radius 1 is 1.41 bits per heavy atom. The van der Waals surface area contributed by atoms with Crippen LogP contribution >= 0.6 is 11.3 Å². The van der Waals surface area contributed by atoms with E-state index in [1.807, 2.05) is 0 Å². The van der Waals surface area contributed by atoms with Crippen molar-refractivity contribution in [3.8, 4) is 0 Å². The summed E-state index contributed by atoms with van der Waals surface area (Å²) in [6.45, 7) is 5.14. The third kappa shape index (κ3) is 3.32. The van der Waals surface area contributed by atoms with Gasteiger partial charge in [-0.15, -0.1) is 11.3 Å². The summed E-state index contributed by atoms with van der Waals surface area (Å²) in [6, 6.07) is 2.10. The Hall–Kier alpha value is -0.830. The first-order chi connectivity index (χ1) is 8.16. The topological polar surface area (TPSA) is 29.1 Å². The van der Waals surface area contributed by atoms with Crippen molar-refractivity contribution in [3.63, 3.8) is 0 Å². The van der Waals surface area contributed by atoms with E-state index < -0.39 is 0 Å². The van der Waals surface area contributed by atoms with Crippen molar-refractivity contribution in [1.82, 2.24) is 5.32 Å². The minimum atomic E-state index is 0.116. The summed E-state index contributed by atoms with van der Waals surface area (Å²) in [5, 5.41) is 3.01. The highest BCUT2D eigenvalue weighted by Crippen LogP contribution is 2.29. The van der Waals surface area contributed by atoms with Crippen LogP contribution in [0.4, 0.5) is 0 Å². The Kier molecular flexibility index (Phi) is 4.21. The normalized spacial score (nSPS) is 14.8. The fourth-order valence-corrected chi connectivity index (χ4v) is 3.33. The van der Waals surface area contributed by atoms with Gasteiger partial charge in [0.1, 0.15) is 0 Å². The van der Waals surface area contributed by atoms with Crippen LogP contribution in [-0.4, -0.2) is 12.5 Å². The first kappa shape index (κ1) is 12.6. The van der Waals surface area contributed by atoms with Crippen LogP contribution < -0.4 is 5.32 Å². The van der Waals surface area contributed by atoms with Crippen LogP contribution in [0, 0.1) is 5.92 Å². The van der Waals surface area contributed by atoms with Crippen LogP contribution in [0.1, 0.15) is 53.2 Å². The lowest BCUT2D eigenvalue weighted by atomic mass is 9.99. The smallest absolute Gasteiger partial charge is 0.261 e. The molecule has 0 atom stereocenters. The first-order valence-electron chi connectivity index (χ1n) is 6.56. The quantitative estimate of drug-likeness (QED) is 0.873. The largest absolute Gasteiger partial charge is 0.351 e. The number of rotatable bonds is 4. The summed E-state index contributed by atoms with van der Waals surface area (Å²) >= 11 is 1.69. The molecule has 0 unspecified atom stereocenters. The summed E-state index contributed by atoms with van der Waals surface area (Å²) in [4.78, 5) is 14.3. The molecule has 1 aliphatic carbocycles. The molecule has 94 valence electrons. The molecule has 1 aromatic heterocycles. The lowest BCUT2D eigenvalue weighted by Crippen LogP contribution is -2.24. The monoisotopic (exact) mass is 251 g/mol. The van der Waals surface area contributed by atoms with Gasteiger partial charge in [0.2, 0.25) is 0 Å². The molecule has 0 radical (unpaired) electrons. The zero-order valence-corrected chi connectivity index (χ0v) is 11.5. The third-order valence-electron chi connectivity index (χ3n) is 3.23. The maximum atomic E-state index is 11.9. The van der Waals surface area contributed by atoms with E-state index in [0.29, 0.717) is 5.92 Å². The van der Waals surface area contributed by atoms with Gasteiger partial charge in [-0.3, -0.25) is 4.79 Å². The van der Waals surface area contributed by atoms with E-state index in [2.05, 4.69) is 25.2 Å². The summed E-state index contributed by atoms with van der Waals surface area (Å²) in [7, 11) is 0. The van der Waals surface area contributed by atoms with Gasteiger partial charge >= 0.3 is 0 Å². The minimum Gasteiger partial charge on any atom is -0.351 e. The zero-order chi connectivity index (χ0) is 12.3. The lowest BCUT2D eigenvalue weighted by Gasteiger charge is -2.08. The Morgan fingerprint density at radius 2 is 2.18 bits per heavy atom. The lowest BCUT2D eigenvalue weighted by molar-refractivity contribution is 0.0956. The fourth-order valence-electron chi connectivity index (χ4n) is 2.16. The summed E-state index contributed by atoms with van der Waals surface area (Å²) in [6.07, 6.45) is 5.93. The van der Waals surface area contributed by atoms with E-state index in [-0.39, 0.29) is 5.91 Å². The van der Waals surface area contributed by atoms with Crippen molar-refractivity contribution in [2.45, 2.75) is 46.0 Å². The van der Waals surface area contributed by atoms with Crippen molar-refractivity contribution >= 4 is 17.2 Å². The van der Waals surface area contributed by atoms with Gasteiger partial charge in [-0.05, 0) is 49.7 Å². The van der Waals surface area contributed by atoms with E-state index in [9.17, 15) is 4.79 Å². The first-order valence-corrected chi connectivity index (χ1v) is 7.38. The molecular weight excluding hydrogens is 230 g/mol. The summed E-state index contributed by atoms with van der Waals surface area (Å²) < 4.78 is 0. The van der Waals surface area contributed by atoms with Gasteiger partial charge in [0.05, 0.1) is 4.88 Å². The molecule has 2 rings (SSSR count). The maximum absolute atomic E-state index is 11.9. The highest BCUT2D eigenvalue weighted by molar-refractivity contribution is 7.14. The average Bonchev–Trinajstić information content (AvgIpc) is 2.71. The van der Waals surface area contributed by atoms with Crippen molar-refractivity contribution in [3.05, 3.63) is 21.4 Å². The Labute approximate surface area is 107 Å². The molecule has 1 aromatic rings. The highest BCUT2D eigenvalue weighted by Gasteiger charge is 2.16. The highest BCUT2D eigenvalue weighted by atomic mass is 32.1. The Balaban J connectivity index is 1.92. The number of hydrogen-bond acceptors (Lipinski definition) is 2. The van der Waals surface area contributed by atoms with Crippen molar-refractivity contribution < 1.29 is 4.79 Å². The van der Waals surface area contributed by atoms with Gasteiger partial charge in [-0.25, -0.2) is 0 Å². The second-order valence-electron chi connectivity index (χ2n) is 5.20. The van der Waals surface area contributed by atoms with Crippen molar-refractivity contribution in [2.75, 3.05) is 6.54 Å². The van der Waals surface area contributed by atoms with Crippen LogP contribution in [-0.2, 0) is 12.8 Å². The van der Waals surface area contributed by atoms with E-state index in [1.54, 1.807) is 11.3 Å². The predicted molar refractivity (Wildman–Crippen MR) is 72.7 cm³/mol. The summed E-state index contributed by atoms with van der Waals surface area (Å²) in [5.41, 5.74) is 1.41. The SMILES string of the molecule is CC(C)CCNC(=O)c1cc2c(s1)CCCC2.